The van der Waals surface area contributed by atoms with E-state index in [-0.39, 0.29) is 11.7 Å². The average molecular weight is 342 g/mol. The number of carbonyl (C=O) groups is 2. The molecule has 0 unspecified atom stereocenters. The fourth-order valence-electron chi connectivity index (χ4n) is 1.93. The molecule has 0 radical (unpaired) electrons. The van der Waals surface area contributed by atoms with Crippen LogP contribution in [0, 0.1) is 0 Å². The van der Waals surface area contributed by atoms with Gasteiger partial charge in [0.25, 0.3) is 0 Å². The number of carbonyl (C=O) groups excluding carboxylic acids is 2. The number of nitrogens with one attached hydrogen (secondary N) is 1. The number of hydrogen-bond donors (Lipinski definition) is 1. The van der Waals surface area contributed by atoms with Gasteiger partial charge in [0, 0.05) is 6.92 Å². The average Bonchev–Trinajstić information content (AvgIpc) is 2.62. The summed E-state index contributed by atoms with van der Waals surface area (Å²) in [6.07, 6.45) is 1.46. The van der Waals surface area contributed by atoms with Crippen molar-refractivity contribution >= 4 is 18.1 Å². The topological polar surface area (TPSA) is 86.2 Å². The number of hydrogen-bond acceptors (Lipinski definition) is 6. The molecule has 0 aromatic heterocycles. The van der Waals surface area contributed by atoms with Gasteiger partial charge >= 0.3 is 5.97 Å². The lowest BCUT2D eigenvalue weighted by Crippen LogP contribution is -2.12. The molecule has 2 aromatic carbocycles. The second-order valence-electron chi connectivity index (χ2n) is 4.95. The standard InChI is InChI=1S/C18H18N2O5/c1-12(21)20-19-11-13-4-9-16(17(10-13)24-3)25-18(22)14-5-7-15(23-2)8-6-14/h4-11H,1-3H3,(H,20,21). The van der Waals surface area contributed by atoms with Gasteiger partial charge in [0.15, 0.2) is 11.5 Å². The van der Waals surface area contributed by atoms with Gasteiger partial charge in [-0.2, -0.15) is 5.10 Å². The minimum Gasteiger partial charge on any atom is -0.497 e. The van der Waals surface area contributed by atoms with Crippen LogP contribution in [0.2, 0.25) is 0 Å². The fraction of sp³-hybridized carbons (Fsp3) is 0.167. The number of methoxy groups -OCH3 is 2. The van der Waals surface area contributed by atoms with Gasteiger partial charge in [0.05, 0.1) is 26.0 Å². The third-order valence-corrected chi connectivity index (χ3v) is 3.15. The molecule has 1 N–H and O–H groups in total. The van der Waals surface area contributed by atoms with E-state index < -0.39 is 5.97 Å². The van der Waals surface area contributed by atoms with Crippen LogP contribution < -0.4 is 19.6 Å². The van der Waals surface area contributed by atoms with Crippen molar-refractivity contribution in [3.8, 4) is 17.2 Å². The van der Waals surface area contributed by atoms with E-state index in [1.165, 1.54) is 20.2 Å². The molecule has 2 aromatic rings. The quantitative estimate of drug-likeness (QED) is 0.377. The highest BCUT2D eigenvalue weighted by molar-refractivity contribution is 5.91. The van der Waals surface area contributed by atoms with Crippen LogP contribution in [0.25, 0.3) is 0 Å². The lowest BCUT2D eigenvalue weighted by molar-refractivity contribution is -0.118. The number of nitrogens with zero attached hydrogens (tertiary/aromatic N) is 1. The van der Waals surface area contributed by atoms with Gasteiger partial charge in [-0.1, -0.05) is 0 Å². The first-order valence-electron chi connectivity index (χ1n) is 7.37. The molecular formula is C18H18N2O5. The van der Waals surface area contributed by atoms with Crippen LogP contribution >= 0.6 is 0 Å². The normalized spacial score (nSPS) is 10.4. The first kappa shape index (κ1) is 18.0. The first-order valence-corrected chi connectivity index (χ1v) is 7.37. The highest BCUT2D eigenvalue weighted by atomic mass is 16.6. The number of amides is 1. The van der Waals surface area contributed by atoms with E-state index in [2.05, 4.69) is 10.5 Å². The van der Waals surface area contributed by atoms with Crippen LogP contribution in [-0.2, 0) is 4.79 Å². The van der Waals surface area contributed by atoms with Gasteiger partial charge in [-0.3, -0.25) is 4.79 Å². The van der Waals surface area contributed by atoms with E-state index in [9.17, 15) is 9.59 Å². The van der Waals surface area contributed by atoms with Crippen molar-refractivity contribution in [1.82, 2.24) is 5.43 Å². The summed E-state index contributed by atoms with van der Waals surface area (Å²) < 4.78 is 15.7. The lowest BCUT2D eigenvalue weighted by atomic mass is 10.2. The first-order chi connectivity index (χ1) is 12.0. The van der Waals surface area contributed by atoms with E-state index in [1.54, 1.807) is 49.6 Å². The Kier molecular flexibility index (Phi) is 6.11. The Morgan fingerprint density at radius 1 is 1.00 bits per heavy atom. The van der Waals surface area contributed by atoms with Gasteiger partial charge in [-0.05, 0) is 48.0 Å². The Balaban J connectivity index is 2.13. The molecule has 1 amide bonds. The Morgan fingerprint density at radius 3 is 2.32 bits per heavy atom. The van der Waals surface area contributed by atoms with Crippen molar-refractivity contribution in [3.63, 3.8) is 0 Å². The summed E-state index contributed by atoms with van der Waals surface area (Å²) in [6.45, 7) is 1.36. The maximum absolute atomic E-state index is 12.2. The fourth-order valence-corrected chi connectivity index (χ4v) is 1.93. The van der Waals surface area contributed by atoms with E-state index in [1.807, 2.05) is 0 Å². The Hall–Kier alpha value is -3.35. The zero-order valence-corrected chi connectivity index (χ0v) is 14.1. The Bertz CT molecular complexity index is 785. The van der Waals surface area contributed by atoms with Crippen LogP contribution in [-0.4, -0.2) is 32.3 Å². The van der Waals surface area contributed by atoms with Crippen molar-refractivity contribution in [3.05, 3.63) is 53.6 Å². The smallest absolute Gasteiger partial charge is 0.343 e. The van der Waals surface area contributed by atoms with Crippen molar-refractivity contribution in [2.45, 2.75) is 6.92 Å². The van der Waals surface area contributed by atoms with Crippen LogP contribution in [0.4, 0.5) is 0 Å². The summed E-state index contributed by atoms with van der Waals surface area (Å²) in [7, 11) is 3.02. The molecule has 0 spiro atoms. The van der Waals surface area contributed by atoms with Gasteiger partial charge in [0.1, 0.15) is 5.75 Å². The maximum Gasteiger partial charge on any atom is 0.343 e. The number of esters is 1. The molecule has 0 aliphatic heterocycles. The number of ether oxygens (including phenoxy) is 3. The van der Waals surface area contributed by atoms with Crippen molar-refractivity contribution < 1.29 is 23.8 Å². The summed E-state index contributed by atoms with van der Waals surface area (Å²) >= 11 is 0. The lowest BCUT2D eigenvalue weighted by Gasteiger charge is -2.10. The third kappa shape index (κ3) is 5.07. The molecule has 0 aliphatic rings. The van der Waals surface area contributed by atoms with Crippen molar-refractivity contribution in [2.75, 3.05) is 14.2 Å². The van der Waals surface area contributed by atoms with Crippen molar-refractivity contribution in [1.29, 1.82) is 0 Å². The van der Waals surface area contributed by atoms with Crippen LogP contribution in [0.5, 0.6) is 17.2 Å². The molecule has 2 rings (SSSR count). The predicted octanol–water partition coefficient (Wildman–Crippen LogP) is 2.39. The maximum atomic E-state index is 12.2. The summed E-state index contributed by atoms with van der Waals surface area (Å²) in [5.41, 5.74) is 3.37. The highest BCUT2D eigenvalue weighted by Gasteiger charge is 2.13. The van der Waals surface area contributed by atoms with E-state index >= 15 is 0 Å². The van der Waals surface area contributed by atoms with E-state index in [0.717, 1.165) is 0 Å². The minimum atomic E-state index is -0.513. The van der Waals surface area contributed by atoms with Gasteiger partial charge in [0.2, 0.25) is 5.91 Å². The van der Waals surface area contributed by atoms with Gasteiger partial charge in [-0.25, -0.2) is 10.2 Å². The number of benzene rings is 2. The highest BCUT2D eigenvalue weighted by Crippen LogP contribution is 2.28. The summed E-state index contributed by atoms with van der Waals surface area (Å²) in [6, 6.07) is 11.5. The molecule has 0 fully saturated rings. The second kappa shape index (κ2) is 8.49. The van der Waals surface area contributed by atoms with Gasteiger partial charge in [-0.15, -0.1) is 0 Å². The van der Waals surface area contributed by atoms with E-state index in [0.29, 0.717) is 22.6 Å². The molecule has 0 atom stereocenters. The SMILES string of the molecule is COc1ccc(C(=O)Oc2ccc(C=NNC(C)=O)cc2OC)cc1. The summed E-state index contributed by atoms with van der Waals surface area (Å²) in [5, 5.41) is 3.77. The number of rotatable bonds is 6. The molecular weight excluding hydrogens is 324 g/mol. The molecule has 7 heteroatoms. The Labute approximate surface area is 145 Å². The molecule has 130 valence electrons. The molecule has 7 nitrogen and oxygen atoms in total. The molecule has 0 aliphatic carbocycles. The molecule has 25 heavy (non-hydrogen) atoms. The monoisotopic (exact) mass is 342 g/mol. The number of hydrazone groups is 1. The largest absolute Gasteiger partial charge is 0.497 e. The third-order valence-electron chi connectivity index (χ3n) is 3.15. The molecule has 0 heterocycles. The second-order valence-corrected chi connectivity index (χ2v) is 4.95. The van der Waals surface area contributed by atoms with E-state index in [4.69, 9.17) is 14.2 Å². The zero-order chi connectivity index (χ0) is 18.2. The minimum absolute atomic E-state index is 0.270. The van der Waals surface area contributed by atoms with Gasteiger partial charge < -0.3 is 14.2 Å². The molecule has 0 bridgehead atoms. The predicted molar refractivity (Wildman–Crippen MR) is 92.4 cm³/mol. The Morgan fingerprint density at radius 2 is 1.72 bits per heavy atom. The summed E-state index contributed by atoms with van der Waals surface area (Å²) in [4.78, 5) is 23.0. The molecule has 0 saturated heterocycles. The van der Waals surface area contributed by atoms with Crippen molar-refractivity contribution in [2.24, 2.45) is 5.10 Å². The van der Waals surface area contributed by atoms with Crippen LogP contribution in [0.3, 0.4) is 0 Å². The molecule has 0 saturated carbocycles. The van der Waals surface area contributed by atoms with Crippen LogP contribution in [0.1, 0.15) is 22.8 Å². The van der Waals surface area contributed by atoms with Crippen LogP contribution in [0.15, 0.2) is 47.6 Å². The summed E-state index contributed by atoms with van der Waals surface area (Å²) in [5.74, 6) is 0.513. The zero-order valence-electron chi connectivity index (χ0n) is 14.1.